The molecule has 0 saturated carbocycles. The van der Waals surface area contributed by atoms with E-state index in [2.05, 4.69) is 34.4 Å². The van der Waals surface area contributed by atoms with E-state index in [1.165, 1.54) is 64.9 Å². The van der Waals surface area contributed by atoms with Crippen molar-refractivity contribution in [1.29, 1.82) is 0 Å². The Bertz CT molecular complexity index is 2330. The Hall–Kier alpha value is -2.86. The number of amides is 2. The zero-order chi connectivity index (χ0) is 56.8. The van der Waals surface area contributed by atoms with Gasteiger partial charge in [-0.3, -0.25) is 32.5 Å². The average Bonchev–Trinajstić information content (AvgIpc) is 3.93. The molecule has 2 aliphatic rings. The molecular weight excluding hydrogens is 1100 g/mol. The Morgan fingerprint density at radius 3 is 2.14 bits per heavy atom. The molecule has 77 heavy (non-hydrogen) atoms. The number of nitrogens with zero attached hydrogens (tertiary/aromatic N) is 4. The van der Waals surface area contributed by atoms with Crippen molar-refractivity contribution >= 4 is 69.1 Å². The summed E-state index contributed by atoms with van der Waals surface area (Å²) in [7, 11) is -16.4. The topological polar surface area (TPSA) is 423 Å². The van der Waals surface area contributed by atoms with E-state index in [-0.39, 0.29) is 54.1 Å². The summed E-state index contributed by atoms with van der Waals surface area (Å²) in [5.74, 6) is -1.15. The maximum absolute atomic E-state index is 12.8. The second-order valence-corrected chi connectivity index (χ2v) is 24.8. The number of allylic oxidation sites excluding steroid dienone is 1. The number of nitrogen functional groups attached to an aromatic ring is 1. The molecule has 0 aromatic carbocycles. The molecule has 12 N–H and O–H groups in total. The zero-order valence-electron chi connectivity index (χ0n) is 43.6. The third-order valence-corrected chi connectivity index (χ3v) is 16.4. The lowest BCUT2D eigenvalue weighted by Crippen LogP contribution is -2.47. The van der Waals surface area contributed by atoms with E-state index in [1.54, 1.807) is 6.92 Å². The predicted octanol–water partition coefficient (Wildman–Crippen LogP) is 3.56. The summed E-state index contributed by atoms with van der Waals surface area (Å²) >= 11 is 1.05. The second-order valence-electron chi connectivity index (χ2n) is 19.5. The van der Waals surface area contributed by atoms with Crippen LogP contribution in [0.2, 0.25) is 0 Å². The largest absolute Gasteiger partial charge is 0.481 e. The molecule has 4 heterocycles. The number of aliphatic hydroxyl groups excluding tert-OH is 4. The van der Waals surface area contributed by atoms with Gasteiger partial charge in [-0.05, 0) is 32.3 Å². The number of imidazole rings is 1. The molecule has 11 atom stereocenters. The van der Waals surface area contributed by atoms with Crippen LogP contribution in [0.1, 0.15) is 130 Å². The molecule has 4 rings (SSSR count). The Morgan fingerprint density at radius 1 is 0.870 bits per heavy atom. The van der Waals surface area contributed by atoms with Crippen LogP contribution in [0.15, 0.2) is 24.8 Å². The van der Waals surface area contributed by atoms with Crippen LogP contribution in [0.25, 0.3) is 11.2 Å². The predicted molar refractivity (Wildman–Crippen MR) is 278 cm³/mol. The number of thioether (sulfide) groups is 1. The van der Waals surface area contributed by atoms with Gasteiger partial charge in [-0.25, -0.2) is 28.6 Å². The monoisotopic (exact) mass is 1180 g/mol. The van der Waals surface area contributed by atoms with Gasteiger partial charge in [0.2, 0.25) is 16.9 Å². The van der Waals surface area contributed by atoms with E-state index >= 15 is 0 Å². The lowest BCUT2D eigenvalue weighted by Gasteiger charge is -2.35. The van der Waals surface area contributed by atoms with Crippen molar-refractivity contribution in [1.82, 2.24) is 30.2 Å². The SMILES string of the molecule is C[C@@H]1O[C@@H](OCCCCCCCCCCCCCCC/C=C/C(=O)SCCNC(=O)CCNC(=O)[C@H](O)C(C)(C)COP(=O)(O)OP(=O)(O)OC[C@H]2O[C@@H](n3cnc4c(N)ncnc43)[C@H](O)[C@@H]2OP(=O)(O)O)[C@H](O)C[C@H]1O. The summed E-state index contributed by atoms with van der Waals surface area (Å²) in [6.07, 6.45) is 10.0. The summed E-state index contributed by atoms with van der Waals surface area (Å²) in [4.78, 5) is 88.5. The average molecular weight is 1180 g/mol. The number of anilines is 1. The second kappa shape index (κ2) is 32.5. The van der Waals surface area contributed by atoms with Crippen LogP contribution >= 0.6 is 35.2 Å². The Balaban J connectivity index is 0.992. The third kappa shape index (κ3) is 24.0. The van der Waals surface area contributed by atoms with Gasteiger partial charge in [-0.2, -0.15) is 4.31 Å². The summed E-state index contributed by atoms with van der Waals surface area (Å²) < 4.78 is 73.7. The molecule has 0 bridgehead atoms. The van der Waals surface area contributed by atoms with Crippen molar-refractivity contribution in [3.63, 3.8) is 0 Å². The Labute approximate surface area is 451 Å². The molecule has 32 heteroatoms. The van der Waals surface area contributed by atoms with E-state index in [4.69, 9.17) is 29.0 Å². The fourth-order valence-electron chi connectivity index (χ4n) is 8.11. The van der Waals surface area contributed by atoms with Crippen LogP contribution in [0, 0.1) is 5.41 Å². The highest BCUT2D eigenvalue weighted by atomic mass is 32.2. The number of phosphoric acid groups is 3. The van der Waals surface area contributed by atoms with E-state index < -0.39 is 103 Å². The van der Waals surface area contributed by atoms with Crippen LogP contribution in [0.5, 0.6) is 0 Å². The van der Waals surface area contributed by atoms with Gasteiger partial charge in [0, 0.05) is 43.7 Å². The van der Waals surface area contributed by atoms with E-state index in [0.717, 1.165) is 73.9 Å². The standard InChI is InChI=1S/C45H78N7O21P3S/c1-30-31(53)25-32(54)44(70-30)67-23-18-16-14-12-10-8-6-4-5-7-9-11-13-15-17-19-35(56)77-24-22-47-34(55)20-21-48-42(59)39(58)45(2,3)27-69-76(65,66)73-75(63,64)68-26-33-38(72-74(60,61)62)37(57)43(71-33)52-29-51-36-40(46)49-28-50-41(36)52/h17,19,28-33,37-39,43-44,53-54,57-58H,4-16,18,20-27H2,1-3H3,(H,47,55)(H,48,59)(H,63,64)(H,65,66)(H2,46,49,50)(H2,60,61,62)/b19-17+/t30-,31+,32+,33+,37+,38+,39-,43+,44+/m0/s1. The van der Waals surface area contributed by atoms with Crippen LogP contribution in [-0.4, -0.2) is 164 Å². The lowest BCUT2D eigenvalue weighted by atomic mass is 9.87. The van der Waals surface area contributed by atoms with Gasteiger partial charge in [-0.15, -0.1) is 0 Å². The first kappa shape index (κ1) is 66.7. The van der Waals surface area contributed by atoms with E-state index in [1.807, 2.05) is 6.08 Å². The fourth-order valence-corrected chi connectivity index (χ4v) is 11.5. The number of unbranched alkanes of at least 4 members (excludes halogenated alkanes) is 13. The van der Waals surface area contributed by atoms with Crippen molar-refractivity contribution < 1.29 is 100 Å². The highest BCUT2D eigenvalue weighted by molar-refractivity contribution is 8.14. The minimum absolute atomic E-state index is 0.0273. The molecule has 2 aliphatic heterocycles. The lowest BCUT2D eigenvalue weighted by molar-refractivity contribution is -0.261. The van der Waals surface area contributed by atoms with Crippen molar-refractivity contribution in [3.8, 4) is 0 Å². The Kier molecular flexibility index (Phi) is 28.2. The van der Waals surface area contributed by atoms with Crippen molar-refractivity contribution in [2.45, 2.75) is 179 Å². The van der Waals surface area contributed by atoms with Gasteiger partial charge in [0.05, 0.1) is 31.7 Å². The van der Waals surface area contributed by atoms with Crippen LogP contribution in [-0.2, 0) is 60.2 Å². The quantitative estimate of drug-likeness (QED) is 0.0262. The molecule has 2 aromatic rings. The van der Waals surface area contributed by atoms with Gasteiger partial charge >= 0.3 is 23.5 Å². The van der Waals surface area contributed by atoms with Crippen LogP contribution in [0.3, 0.4) is 0 Å². The third-order valence-electron chi connectivity index (χ3n) is 12.5. The highest BCUT2D eigenvalue weighted by Crippen LogP contribution is 2.61. The first-order chi connectivity index (χ1) is 36.3. The normalized spacial score (nSPS) is 24.2. The minimum Gasteiger partial charge on any atom is -0.390 e. The smallest absolute Gasteiger partial charge is 0.390 e. The van der Waals surface area contributed by atoms with Crippen molar-refractivity contribution in [2.75, 3.05) is 44.4 Å². The number of hydrogen-bond donors (Lipinski definition) is 11. The fraction of sp³-hybridized carbons (Fsp3) is 0.778. The number of rotatable bonds is 37. The van der Waals surface area contributed by atoms with Gasteiger partial charge in [-0.1, -0.05) is 102 Å². The molecule has 0 radical (unpaired) electrons. The van der Waals surface area contributed by atoms with E-state index in [0.29, 0.717) is 12.4 Å². The number of hydrogen-bond acceptors (Lipinski definition) is 22. The molecule has 2 amide bonds. The molecule has 440 valence electrons. The molecule has 0 aliphatic carbocycles. The van der Waals surface area contributed by atoms with E-state index in [9.17, 15) is 68.1 Å². The Morgan fingerprint density at radius 2 is 1.49 bits per heavy atom. The molecular formula is C45H78N7O21P3S. The first-order valence-electron chi connectivity index (χ1n) is 25.6. The number of ether oxygens (including phenoxy) is 3. The number of nitrogens with one attached hydrogen (secondary N) is 2. The van der Waals surface area contributed by atoms with Crippen LogP contribution in [0.4, 0.5) is 5.82 Å². The summed E-state index contributed by atoms with van der Waals surface area (Å²) in [6, 6.07) is 0. The molecule has 28 nitrogen and oxygen atoms in total. The van der Waals surface area contributed by atoms with Gasteiger partial charge in [0.25, 0.3) is 0 Å². The number of carbonyl (C=O) groups is 3. The molecule has 2 fully saturated rings. The molecule has 0 spiro atoms. The van der Waals surface area contributed by atoms with Gasteiger partial charge in [0.15, 0.2) is 24.0 Å². The van der Waals surface area contributed by atoms with Gasteiger partial charge in [0.1, 0.15) is 42.4 Å². The number of aliphatic hydroxyl groups is 4. The first-order valence-corrected chi connectivity index (χ1v) is 31.2. The number of nitrogens with two attached hydrogens (primary N) is 1. The van der Waals surface area contributed by atoms with Crippen molar-refractivity contribution in [3.05, 3.63) is 24.8 Å². The molecule has 2 saturated heterocycles. The maximum atomic E-state index is 12.8. The highest BCUT2D eigenvalue weighted by Gasteiger charge is 2.50. The molecule has 2 aromatic heterocycles. The summed E-state index contributed by atoms with van der Waals surface area (Å²) in [5, 5.41) is 46.2. The maximum Gasteiger partial charge on any atom is 0.481 e. The number of carbonyl (C=O) groups excluding carboxylic acids is 3. The zero-order valence-corrected chi connectivity index (χ0v) is 47.1. The number of aromatic nitrogens is 4. The van der Waals surface area contributed by atoms with Crippen molar-refractivity contribution in [2.24, 2.45) is 5.41 Å². The van der Waals surface area contributed by atoms with Gasteiger partial charge < -0.3 is 70.6 Å². The minimum atomic E-state index is -5.59. The molecule has 2 unspecified atom stereocenters. The number of phosphoric ester groups is 3. The summed E-state index contributed by atoms with van der Waals surface area (Å²) in [5.41, 5.74) is 4.26. The van der Waals surface area contributed by atoms with Crippen LogP contribution < -0.4 is 16.4 Å². The summed E-state index contributed by atoms with van der Waals surface area (Å²) in [6.45, 7) is 2.78. The number of fused-ring (bicyclic) bond motifs is 1.